The minimum Gasteiger partial charge on any atom is -0.481 e. The van der Waals surface area contributed by atoms with Crippen molar-refractivity contribution in [2.45, 2.75) is 32.2 Å². The van der Waals surface area contributed by atoms with Crippen molar-refractivity contribution in [1.29, 1.82) is 0 Å². The van der Waals surface area contributed by atoms with E-state index < -0.39 is 10.0 Å². The third-order valence-electron chi connectivity index (χ3n) is 3.16. The Morgan fingerprint density at radius 1 is 1.17 bits per heavy atom. The molecule has 1 heterocycles. The van der Waals surface area contributed by atoms with Crippen molar-refractivity contribution in [1.82, 2.24) is 14.7 Å². The van der Waals surface area contributed by atoms with Gasteiger partial charge in [0.2, 0.25) is 21.9 Å². The maximum atomic E-state index is 12.1. The van der Waals surface area contributed by atoms with Crippen LogP contribution < -0.4 is 14.8 Å². The van der Waals surface area contributed by atoms with E-state index in [4.69, 9.17) is 4.74 Å². The van der Waals surface area contributed by atoms with Crippen molar-refractivity contribution in [3.8, 4) is 5.88 Å². The lowest BCUT2D eigenvalue weighted by Gasteiger charge is -2.13. The molecular formula is C16H22N4O3S. The molecule has 0 saturated carbocycles. The Balaban J connectivity index is 2.11. The number of nitrogens with one attached hydrogen (secondary N) is 2. The minimum atomic E-state index is -3.38. The van der Waals surface area contributed by atoms with Crippen LogP contribution in [-0.4, -0.2) is 31.5 Å². The molecule has 0 spiro atoms. The monoisotopic (exact) mass is 350 g/mol. The maximum Gasteiger partial charge on any atom is 0.226 e. The molecule has 0 amide bonds. The van der Waals surface area contributed by atoms with Gasteiger partial charge in [0.15, 0.2) is 0 Å². The van der Waals surface area contributed by atoms with E-state index in [0.717, 1.165) is 11.1 Å². The van der Waals surface area contributed by atoms with E-state index in [1.807, 2.05) is 24.3 Å². The summed E-state index contributed by atoms with van der Waals surface area (Å²) < 4.78 is 31.9. The molecule has 2 rings (SSSR count). The molecule has 7 nitrogen and oxygen atoms in total. The summed E-state index contributed by atoms with van der Waals surface area (Å²) in [5, 5.41) is 3.09. The van der Waals surface area contributed by atoms with Gasteiger partial charge in [0.25, 0.3) is 0 Å². The van der Waals surface area contributed by atoms with E-state index >= 15 is 0 Å². The van der Waals surface area contributed by atoms with Crippen molar-refractivity contribution in [2.75, 3.05) is 12.4 Å². The summed E-state index contributed by atoms with van der Waals surface area (Å²) >= 11 is 0. The number of aromatic nitrogens is 2. The van der Waals surface area contributed by atoms with Gasteiger partial charge in [0.1, 0.15) is 0 Å². The maximum absolute atomic E-state index is 12.1. The summed E-state index contributed by atoms with van der Waals surface area (Å²) in [5.74, 6) is 0.818. The van der Waals surface area contributed by atoms with Crippen LogP contribution in [0.15, 0.2) is 36.5 Å². The second-order valence-corrected chi connectivity index (χ2v) is 7.33. The standard InChI is InChI=1S/C16H22N4O3S/c1-12(2)20-24(21,22)11-14-7-5-4-6-13(14)10-18-16-17-9-8-15(19-16)23-3/h4-9,12,20H,10-11H2,1-3H3,(H,17,18,19). The number of rotatable bonds is 8. The molecule has 2 aromatic rings. The van der Waals surface area contributed by atoms with Crippen LogP contribution in [0.2, 0.25) is 0 Å². The highest BCUT2D eigenvalue weighted by Gasteiger charge is 2.15. The summed E-state index contributed by atoms with van der Waals surface area (Å²) in [6.07, 6.45) is 1.59. The van der Waals surface area contributed by atoms with Gasteiger partial charge in [-0.05, 0) is 25.0 Å². The first-order valence-electron chi connectivity index (χ1n) is 7.57. The van der Waals surface area contributed by atoms with Crippen LogP contribution in [0.5, 0.6) is 5.88 Å². The number of benzene rings is 1. The molecule has 0 saturated heterocycles. The highest BCUT2D eigenvalue weighted by Crippen LogP contribution is 2.15. The molecule has 0 radical (unpaired) electrons. The Kier molecular flexibility index (Phi) is 6.10. The number of hydrogen-bond acceptors (Lipinski definition) is 6. The second kappa shape index (κ2) is 8.07. The van der Waals surface area contributed by atoms with Gasteiger partial charge in [0, 0.05) is 24.8 Å². The number of methoxy groups -OCH3 is 1. The highest BCUT2D eigenvalue weighted by atomic mass is 32.2. The van der Waals surface area contributed by atoms with Crippen LogP contribution in [-0.2, 0) is 22.3 Å². The van der Waals surface area contributed by atoms with Gasteiger partial charge in [-0.15, -0.1) is 0 Å². The number of nitrogens with zero attached hydrogens (tertiary/aromatic N) is 2. The number of anilines is 1. The summed E-state index contributed by atoms with van der Waals surface area (Å²) in [6.45, 7) is 4.01. The largest absolute Gasteiger partial charge is 0.481 e. The van der Waals surface area contributed by atoms with E-state index in [1.165, 1.54) is 7.11 Å². The molecule has 8 heteroatoms. The van der Waals surface area contributed by atoms with E-state index in [2.05, 4.69) is 20.0 Å². The molecule has 0 bridgehead atoms. The predicted octanol–water partition coefficient (Wildman–Crippen LogP) is 1.93. The van der Waals surface area contributed by atoms with Gasteiger partial charge >= 0.3 is 0 Å². The highest BCUT2D eigenvalue weighted by molar-refractivity contribution is 7.88. The zero-order valence-corrected chi connectivity index (χ0v) is 14.8. The number of hydrogen-bond donors (Lipinski definition) is 2. The Hall–Kier alpha value is -2.19. The Bertz CT molecular complexity index is 778. The molecule has 0 atom stereocenters. The fourth-order valence-electron chi connectivity index (χ4n) is 2.19. The second-order valence-electron chi connectivity index (χ2n) is 5.58. The molecule has 1 aromatic carbocycles. The smallest absolute Gasteiger partial charge is 0.226 e. The average Bonchev–Trinajstić information content (AvgIpc) is 2.52. The summed E-state index contributed by atoms with van der Waals surface area (Å²) in [7, 11) is -1.84. The lowest BCUT2D eigenvalue weighted by atomic mass is 10.1. The van der Waals surface area contributed by atoms with Crippen LogP contribution in [0.1, 0.15) is 25.0 Å². The molecule has 24 heavy (non-hydrogen) atoms. The normalized spacial score (nSPS) is 11.5. The lowest BCUT2D eigenvalue weighted by molar-refractivity contribution is 0.397. The Morgan fingerprint density at radius 3 is 2.54 bits per heavy atom. The molecule has 2 N–H and O–H groups in total. The van der Waals surface area contributed by atoms with Crippen molar-refractivity contribution in [3.63, 3.8) is 0 Å². The molecule has 0 fully saturated rings. The molecular weight excluding hydrogens is 328 g/mol. The van der Waals surface area contributed by atoms with E-state index in [0.29, 0.717) is 18.4 Å². The van der Waals surface area contributed by atoms with Crippen LogP contribution in [0, 0.1) is 0 Å². The molecule has 0 aliphatic rings. The van der Waals surface area contributed by atoms with Gasteiger partial charge in [-0.25, -0.2) is 18.1 Å². The van der Waals surface area contributed by atoms with Crippen LogP contribution in [0.3, 0.4) is 0 Å². The van der Waals surface area contributed by atoms with Gasteiger partial charge in [-0.1, -0.05) is 24.3 Å². The molecule has 0 aliphatic carbocycles. The van der Waals surface area contributed by atoms with Gasteiger partial charge in [0.05, 0.1) is 12.9 Å². The Morgan fingerprint density at radius 2 is 1.88 bits per heavy atom. The third kappa shape index (κ3) is 5.47. The van der Waals surface area contributed by atoms with Gasteiger partial charge < -0.3 is 10.1 Å². The zero-order valence-electron chi connectivity index (χ0n) is 14.0. The van der Waals surface area contributed by atoms with E-state index in [9.17, 15) is 8.42 Å². The fourth-order valence-corrected chi connectivity index (χ4v) is 3.68. The van der Waals surface area contributed by atoms with E-state index in [1.54, 1.807) is 26.1 Å². The lowest BCUT2D eigenvalue weighted by Crippen LogP contribution is -2.31. The van der Waals surface area contributed by atoms with Gasteiger partial charge in [-0.2, -0.15) is 4.98 Å². The first-order valence-corrected chi connectivity index (χ1v) is 9.22. The van der Waals surface area contributed by atoms with Crippen LogP contribution in [0.4, 0.5) is 5.95 Å². The quantitative estimate of drug-likeness (QED) is 0.755. The van der Waals surface area contributed by atoms with Gasteiger partial charge in [-0.3, -0.25) is 0 Å². The van der Waals surface area contributed by atoms with Crippen LogP contribution in [0.25, 0.3) is 0 Å². The first-order chi connectivity index (χ1) is 11.4. The molecule has 130 valence electrons. The Labute approximate surface area is 142 Å². The molecule has 1 aromatic heterocycles. The number of sulfonamides is 1. The van der Waals surface area contributed by atoms with Crippen LogP contribution >= 0.6 is 0 Å². The SMILES string of the molecule is COc1ccnc(NCc2ccccc2CS(=O)(=O)NC(C)C)n1. The summed E-state index contributed by atoms with van der Waals surface area (Å²) in [5.41, 5.74) is 1.61. The predicted molar refractivity (Wildman–Crippen MR) is 93.2 cm³/mol. The van der Waals surface area contributed by atoms with Crippen molar-refractivity contribution in [3.05, 3.63) is 47.7 Å². The van der Waals surface area contributed by atoms with Crippen molar-refractivity contribution >= 4 is 16.0 Å². The van der Waals surface area contributed by atoms with E-state index in [-0.39, 0.29) is 11.8 Å². The molecule has 0 unspecified atom stereocenters. The third-order valence-corrected chi connectivity index (χ3v) is 4.68. The van der Waals surface area contributed by atoms with Crippen molar-refractivity contribution in [2.24, 2.45) is 0 Å². The van der Waals surface area contributed by atoms with Crippen molar-refractivity contribution < 1.29 is 13.2 Å². The summed E-state index contributed by atoms with van der Waals surface area (Å²) in [6, 6.07) is 8.91. The summed E-state index contributed by atoms with van der Waals surface area (Å²) in [4.78, 5) is 8.29. The first kappa shape index (κ1) is 18.2. The zero-order chi connectivity index (χ0) is 17.6. The number of ether oxygens (including phenoxy) is 1. The minimum absolute atomic E-state index is 0.0675. The fraction of sp³-hybridized carbons (Fsp3) is 0.375. The topological polar surface area (TPSA) is 93.2 Å². The molecule has 0 aliphatic heterocycles. The average molecular weight is 350 g/mol.